The standard InChI is InChI=1S/C23H24N2O3/c1-16(24-21-13-12-19-10-6-7-11-20(19)14-21)22(26)25-17(2)23(27)28-15-18-8-4-3-5-9-18/h3-14,16-17,24H,15H2,1-2H3,(H,25,26)/t16-,17-/m0/s1. The smallest absolute Gasteiger partial charge is 0.328 e. The molecule has 3 rings (SSSR count). The molecule has 0 fully saturated rings. The van der Waals surface area contributed by atoms with Crippen LogP contribution in [0.15, 0.2) is 72.8 Å². The van der Waals surface area contributed by atoms with Gasteiger partial charge in [0.15, 0.2) is 0 Å². The van der Waals surface area contributed by atoms with E-state index in [-0.39, 0.29) is 12.5 Å². The first-order valence-corrected chi connectivity index (χ1v) is 9.29. The lowest BCUT2D eigenvalue weighted by molar-refractivity contribution is -0.148. The molecule has 3 aromatic rings. The second-order valence-electron chi connectivity index (χ2n) is 6.75. The van der Waals surface area contributed by atoms with Crippen molar-refractivity contribution in [2.45, 2.75) is 32.5 Å². The van der Waals surface area contributed by atoms with Crippen LogP contribution < -0.4 is 10.6 Å². The number of hydrogen-bond donors (Lipinski definition) is 2. The summed E-state index contributed by atoms with van der Waals surface area (Å²) in [5.74, 6) is -0.729. The summed E-state index contributed by atoms with van der Waals surface area (Å²) in [6.07, 6.45) is 0. The van der Waals surface area contributed by atoms with Crippen LogP contribution >= 0.6 is 0 Å². The minimum Gasteiger partial charge on any atom is -0.459 e. The van der Waals surface area contributed by atoms with Crippen LogP contribution in [0.4, 0.5) is 5.69 Å². The minimum absolute atomic E-state index is 0.185. The molecule has 3 aromatic carbocycles. The van der Waals surface area contributed by atoms with Crippen molar-refractivity contribution in [3.63, 3.8) is 0 Å². The fourth-order valence-corrected chi connectivity index (χ4v) is 2.85. The summed E-state index contributed by atoms with van der Waals surface area (Å²) in [5, 5.41) is 8.10. The average Bonchev–Trinajstić information content (AvgIpc) is 2.72. The number of nitrogens with one attached hydrogen (secondary N) is 2. The Kier molecular flexibility index (Phi) is 6.27. The zero-order valence-electron chi connectivity index (χ0n) is 16.0. The number of amides is 1. The van der Waals surface area contributed by atoms with E-state index >= 15 is 0 Å². The van der Waals surface area contributed by atoms with Crippen molar-refractivity contribution in [1.29, 1.82) is 0 Å². The van der Waals surface area contributed by atoms with Gasteiger partial charge in [0.1, 0.15) is 18.7 Å². The summed E-state index contributed by atoms with van der Waals surface area (Å²) in [6.45, 7) is 3.56. The molecule has 2 atom stereocenters. The van der Waals surface area contributed by atoms with Gasteiger partial charge in [-0.25, -0.2) is 4.79 Å². The molecule has 0 aliphatic carbocycles. The maximum Gasteiger partial charge on any atom is 0.328 e. The maximum absolute atomic E-state index is 12.4. The van der Waals surface area contributed by atoms with Crippen LogP contribution in [0.1, 0.15) is 19.4 Å². The molecule has 0 saturated carbocycles. The van der Waals surface area contributed by atoms with Gasteiger partial charge in [-0.15, -0.1) is 0 Å². The first kappa shape index (κ1) is 19.4. The first-order chi connectivity index (χ1) is 13.5. The molecule has 0 bridgehead atoms. The molecule has 2 N–H and O–H groups in total. The topological polar surface area (TPSA) is 67.4 Å². The molecule has 0 heterocycles. The van der Waals surface area contributed by atoms with Crippen LogP contribution in [0.25, 0.3) is 10.8 Å². The van der Waals surface area contributed by atoms with Gasteiger partial charge in [-0.2, -0.15) is 0 Å². The summed E-state index contributed by atoms with van der Waals surface area (Å²) >= 11 is 0. The van der Waals surface area contributed by atoms with E-state index in [1.165, 1.54) is 0 Å². The highest BCUT2D eigenvalue weighted by atomic mass is 16.5. The summed E-state index contributed by atoms with van der Waals surface area (Å²) in [6, 6.07) is 22.2. The number of benzene rings is 3. The Labute approximate surface area is 164 Å². The third kappa shape index (κ3) is 5.10. The van der Waals surface area contributed by atoms with Gasteiger partial charge in [-0.1, -0.05) is 60.7 Å². The summed E-state index contributed by atoms with van der Waals surface area (Å²) in [4.78, 5) is 24.5. The molecule has 0 aliphatic heterocycles. The highest BCUT2D eigenvalue weighted by Crippen LogP contribution is 2.19. The number of ether oxygens (including phenoxy) is 1. The Hall–Kier alpha value is -3.34. The Morgan fingerprint density at radius 3 is 2.29 bits per heavy atom. The predicted molar refractivity (Wildman–Crippen MR) is 111 cm³/mol. The van der Waals surface area contributed by atoms with Crippen LogP contribution in [0.5, 0.6) is 0 Å². The van der Waals surface area contributed by atoms with E-state index in [1.807, 2.05) is 72.8 Å². The first-order valence-electron chi connectivity index (χ1n) is 9.29. The lowest BCUT2D eigenvalue weighted by atomic mass is 10.1. The fraction of sp³-hybridized carbons (Fsp3) is 0.217. The van der Waals surface area contributed by atoms with Crippen LogP contribution in [-0.2, 0) is 20.9 Å². The number of carbonyl (C=O) groups excluding carboxylic acids is 2. The molecule has 5 heteroatoms. The van der Waals surface area contributed by atoms with Crippen LogP contribution in [0, 0.1) is 0 Å². The van der Waals surface area contributed by atoms with E-state index in [4.69, 9.17) is 4.74 Å². The van der Waals surface area contributed by atoms with Gasteiger partial charge in [0.2, 0.25) is 5.91 Å². The third-order valence-electron chi connectivity index (χ3n) is 4.46. The summed E-state index contributed by atoms with van der Waals surface area (Å²) < 4.78 is 5.26. The zero-order valence-corrected chi connectivity index (χ0v) is 16.0. The van der Waals surface area contributed by atoms with Gasteiger partial charge in [-0.05, 0) is 42.3 Å². The quantitative estimate of drug-likeness (QED) is 0.614. The van der Waals surface area contributed by atoms with Gasteiger partial charge < -0.3 is 15.4 Å². The summed E-state index contributed by atoms with van der Waals surface area (Å²) in [5.41, 5.74) is 1.75. The number of fused-ring (bicyclic) bond motifs is 1. The zero-order chi connectivity index (χ0) is 19.9. The van der Waals surface area contributed by atoms with Gasteiger partial charge in [-0.3, -0.25) is 4.79 Å². The van der Waals surface area contributed by atoms with Gasteiger partial charge >= 0.3 is 5.97 Å². The van der Waals surface area contributed by atoms with E-state index in [9.17, 15) is 9.59 Å². The Morgan fingerprint density at radius 1 is 0.857 bits per heavy atom. The molecule has 1 amide bonds. The monoisotopic (exact) mass is 376 g/mol. The lowest BCUT2D eigenvalue weighted by Gasteiger charge is -2.19. The molecule has 0 unspecified atom stereocenters. The molecule has 28 heavy (non-hydrogen) atoms. The highest BCUT2D eigenvalue weighted by molar-refractivity contribution is 5.90. The second-order valence-corrected chi connectivity index (χ2v) is 6.75. The van der Waals surface area contributed by atoms with Gasteiger partial charge in [0.05, 0.1) is 0 Å². The number of anilines is 1. The molecule has 0 aromatic heterocycles. The normalized spacial score (nSPS) is 12.8. The number of esters is 1. The fourth-order valence-electron chi connectivity index (χ4n) is 2.85. The number of rotatable bonds is 7. The maximum atomic E-state index is 12.4. The molecule has 144 valence electrons. The number of hydrogen-bond acceptors (Lipinski definition) is 4. The van der Waals surface area contributed by atoms with E-state index in [0.717, 1.165) is 22.0 Å². The van der Waals surface area contributed by atoms with E-state index in [0.29, 0.717) is 0 Å². The van der Waals surface area contributed by atoms with Crippen LogP contribution in [0.2, 0.25) is 0 Å². The van der Waals surface area contributed by atoms with E-state index in [1.54, 1.807) is 13.8 Å². The Bertz CT molecular complexity index is 956. The lowest BCUT2D eigenvalue weighted by Crippen LogP contribution is -2.45. The van der Waals surface area contributed by atoms with Crippen molar-refractivity contribution in [2.75, 3.05) is 5.32 Å². The molecule has 0 saturated heterocycles. The minimum atomic E-state index is -0.725. The summed E-state index contributed by atoms with van der Waals surface area (Å²) in [7, 11) is 0. The Morgan fingerprint density at radius 2 is 1.54 bits per heavy atom. The largest absolute Gasteiger partial charge is 0.459 e. The second kappa shape index (κ2) is 9.04. The molecular formula is C23H24N2O3. The molecule has 0 aliphatic rings. The average molecular weight is 376 g/mol. The highest BCUT2D eigenvalue weighted by Gasteiger charge is 2.20. The SMILES string of the molecule is C[C@H](Nc1ccc2ccccc2c1)C(=O)N[C@@H](C)C(=O)OCc1ccccc1. The van der Waals surface area contributed by atoms with Crippen molar-refractivity contribution < 1.29 is 14.3 Å². The number of carbonyl (C=O) groups is 2. The van der Waals surface area contributed by atoms with E-state index < -0.39 is 18.1 Å². The molecule has 0 radical (unpaired) electrons. The predicted octanol–water partition coefficient (Wildman–Crippen LogP) is 3.89. The van der Waals surface area contributed by atoms with Crippen molar-refractivity contribution in [2.24, 2.45) is 0 Å². The van der Waals surface area contributed by atoms with Crippen molar-refractivity contribution in [3.8, 4) is 0 Å². The van der Waals surface area contributed by atoms with Gasteiger partial charge in [0.25, 0.3) is 0 Å². The third-order valence-corrected chi connectivity index (χ3v) is 4.46. The molecule has 5 nitrogen and oxygen atoms in total. The van der Waals surface area contributed by atoms with E-state index in [2.05, 4.69) is 10.6 Å². The van der Waals surface area contributed by atoms with Crippen LogP contribution in [-0.4, -0.2) is 24.0 Å². The van der Waals surface area contributed by atoms with Crippen molar-refractivity contribution in [3.05, 3.63) is 78.4 Å². The molecular weight excluding hydrogens is 352 g/mol. The van der Waals surface area contributed by atoms with Crippen LogP contribution in [0.3, 0.4) is 0 Å². The Balaban J connectivity index is 1.51. The molecule has 0 spiro atoms. The van der Waals surface area contributed by atoms with Crippen molar-refractivity contribution in [1.82, 2.24) is 5.32 Å². The van der Waals surface area contributed by atoms with Gasteiger partial charge in [0, 0.05) is 5.69 Å². The van der Waals surface area contributed by atoms with Crippen molar-refractivity contribution >= 4 is 28.3 Å².